The molecule has 0 N–H and O–H groups in total. The maximum absolute atomic E-state index is 13.1. The minimum atomic E-state index is -4.28. The van der Waals surface area contributed by atoms with Crippen molar-refractivity contribution in [3.63, 3.8) is 0 Å². The van der Waals surface area contributed by atoms with Gasteiger partial charge in [0.25, 0.3) is 0 Å². The summed E-state index contributed by atoms with van der Waals surface area (Å²) >= 11 is 0. The molecule has 0 radical (unpaired) electrons. The maximum atomic E-state index is 13.1. The van der Waals surface area contributed by atoms with Gasteiger partial charge in [-0.15, -0.1) is 0 Å². The van der Waals surface area contributed by atoms with Crippen LogP contribution in [0.5, 0.6) is 0 Å². The van der Waals surface area contributed by atoms with Crippen LogP contribution in [0.2, 0.25) is 0 Å². The normalized spacial score (nSPS) is 14.2. The smallest absolute Gasteiger partial charge is 0.325 e. The average molecular weight is 419 g/mol. The van der Waals surface area contributed by atoms with Gasteiger partial charge in [0, 0.05) is 12.3 Å². The number of rotatable bonds is 4. The summed E-state index contributed by atoms with van der Waals surface area (Å²) < 4.78 is 52.7. The molecule has 1 aromatic heterocycles. The van der Waals surface area contributed by atoms with E-state index in [-0.39, 0.29) is 5.82 Å². The van der Waals surface area contributed by atoms with Crippen molar-refractivity contribution in [1.29, 1.82) is 0 Å². The number of fused-ring (bicyclic) bond motifs is 1. The lowest BCUT2D eigenvalue weighted by atomic mass is 10.0. The second-order valence-electron chi connectivity index (χ2n) is 7.37. The first-order valence-corrected chi connectivity index (χ1v) is 10.1. The highest BCUT2D eigenvalue weighted by Gasteiger charge is 2.30. The molecule has 1 heterocycles. The molecule has 1 aliphatic carbocycles. The standard InChI is InChI=1S/C12H14F3N.C11H11FN2/c1-3-5-9-8-10(12(13,14)15)6-7-11(9)16-4-2;1-7-13-10-5-2-8(12)6-11(10)14(7)9-3-4-9/h4,6-8H,3,5H2,1-2H3;2,5-6,9H,3-4H2,1H3. The van der Waals surface area contributed by atoms with Crippen molar-refractivity contribution in [2.45, 2.75) is 58.7 Å². The van der Waals surface area contributed by atoms with Gasteiger partial charge in [0.2, 0.25) is 0 Å². The minimum Gasteiger partial charge on any atom is -0.325 e. The third-order valence-electron chi connectivity index (χ3n) is 4.93. The molecular weight excluding hydrogens is 394 g/mol. The van der Waals surface area contributed by atoms with Gasteiger partial charge in [-0.25, -0.2) is 9.37 Å². The molecule has 2 aromatic carbocycles. The number of benzene rings is 2. The highest BCUT2D eigenvalue weighted by Crippen LogP contribution is 2.38. The van der Waals surface area contributed by atoms with Crippen LogP contribution in [0.3, 0.4) is 0 Å². The van der Waals surface area contributed by atoms with E-state index < -0.39 is 11.7 Å². The molecule has 1 saturated carbocycles. The first kappa shape index (κ1) is 22.0. The van der Waals surface area contributed by atoms with E-state index >= 15 is 0 Å². The van der Waals surface area contributed by atoms with E-state index in [1.54, 1.807) is 25.3 Å². The van der Waals surface area contributed by atoms with Gasteiger partial charge in [0.1, 0.15) is 11.6 Å². The number of aliphatic imine (C=N–C) groups is 1. The molecule has 0 saturated heterocycles. The Morgan fingerprint density at radius 3 is 2.50 bits per heavy atom. The molecule has 0 aliphatic heterocycles. The monoisotopic (exact) mass is 419 g/mol. The molecule has 4 rings (SSSR count). The van der Waals surface area contributed by atoms with Crippen LogP contribution in [-0.4, -0.2) is 15.8 Å². The molecule has 0 bridgehead atoms. The summed E-state index contributed by atoms with van der Waals surface area (Å²) in [6.45, 7) is 5.66. The Kier molecular flexibility index (Phi) is 6.58. The minimum absolute atomic E-state index is 0.181. The molecule has 7 heteroatoms. The summed E-state index contributed by atoms with van der Waals surface area (Å²) in [5, 5.41) is 0. The zero-order chi connectivity index (χ0) is 21.9. The van der Waals surface area contributed by atoms with E-state index in [0.717, 1.165) is 29.3 Å². The van der Waals surface area contributed by atoms with Crippen LogP contribution in [0, 0.1) is 12.7 Å². The first-order chi connectivity index (χ1) is 14.2. The molecule has 3 aromatic rings. The highest BCUT2D eigenvalue weighted by molar-refractivity contribution is 5.76. The number of nitrogens with zero attached hydrogens (tertiary/aromatic N) is 3. The number of alkyl halides is 3. The van der Waals surface area contributed by atoms with Crippen molar-refractivity contribution in [1.82, 2.24) is 9.55 Å². The Labute approximate surface area is 173 Å². The fourth-order valence-corrected chi connectivity index (χ4v) is 3.48. The topological polar surface area (TPSA) is 30.2 Å². The summed E-state index contributed by atoms with van der Waals surface area (Å²) in [6.07, 6.45) is 1.11. The lowest BCUT2D eigenvalue weighted by molar-refractivity contribution is -0.137. The average Bonchev–Trinajstić information content (AvgIpc) is 3.45. The van der Waals surface area contributed by atoms with Crippen LogP contribution in [-0.2, 0) is 12.6 Å². The van der Waals surface area contributed by atoms with Crippen molar-refractivity contribution in [2.24, 2.45) is 4.99 Å². The Morgan fingerprint density at radius 1 is 1.17 bits per heavy atom. The summed E-state index contributed by atoms with van der Waals surface area (Å²) in [7, 11) is 0. The van der Waals surface area contributed by atoms with Crippen molar-refractivity contribution in [2.75, 3.05) is 0 Å². The predicted molar refractivity (Wildman–Crippen MR) is 112 cm³/mol. The van der Waals surface area contributed by atoms with E-state index in [1.165, 1.54) is 31.0 Å². The lowest BCUT2D eigenvalue weighted by Crippen LogP contribution is -2.05. The first-order valence-electron chi connectivity index (χ1n) is 10.1. The van der Waals surface area contributed by atoms with E-state index in [4.69, 9.17) is 0 Å². The van der Waals surface area contributed by atoms with Gasteiger partial charge in [0.05, 0.1) is 22.3 Å². The van der Waals surface area contributed by atoms with Gasteiger partial charge in [-0.3, -0.25) is 4.99 Å². The fraction of sp³-hybridized carbons (Fsp3) is 0.391. The molecule has 0 unspecified atom stereocenters. The lowest BCUT2D eigenvalue weighted by Gasteiger charge is -2.10. The third kappa shape index (κ3) is 5.07. The van der Waals surface area contributed by atoms with Crippen molar-refractivity contribution in [3.8, 4) is 0 Å². The van der Waals surface area contributed by atoms with E-state index in [2.05, 4.69) is 14.5 Å². The number of halogens is 4. The van der Waals surface area contributed by atoms with Gasteiger partial charge in [-0.05, 0) is 75.1 Å². The van der Waals surface area contributed by atoms with Crippen LogP contribution >= 0.6 is 0 Å². The SMILES string of the molecule is CC=Nc1ccc(C(F)(F)F)cc1CCC.Cc1nc2ccc(F)cc2n1C1CC1. The molecule has 1 fully saturated rings. The maximum Gasteiger partial charge on any atom is 0.416 e. The summed E-state index contributed by atoms with van der Waals surface area (Å²) in [5.41, 5.74) is 2.50. The summed E-state index contributed by atoms with van der Waals surface area (Å²) in [4.78, 5) is 8.47. The Morgan fingerprint density at radius 2 is 1.90 bits per heavy atom. The molecule has 0 spiro atoms. The van der Waals surface area contributed by atoms with Gasteiger partial charge in [0.15, 0.2) is 0 Å². The van der Waals surface area contributed by atoms with Gasteiger partial charge in [-0.1, -0.05) is 13.3 Å². The fourth-order valence-electron chi connectivity index (χ4n) is 3.48. The second kappa shape index (κ2) is 8.98. The largest absolute Gasteiger partial charge is 0.416 e. The Bertz CT molecular complexity index is 1050. The molecule has 0 atom stereocenters. The number of aromatic nitrogens is 2. The van der Waals surface area contributed by atoms with Crippen molar-refractivity contribution >= 4 is 22.9 Å². The van der Waals surface area contributed by atoms with E-state index in [0.29, 0.717) is 23.7 Å². The van der Waals surface area contributed by atoms with Crippen LogP contribution in [0.1, 0.15) is 56.1 Å². The number of hydrogen-bond acceptors (Lipinski definition) is 2. The quantitative estimate of drug-likeness (QED) is 0.325. The predicted octanol–water partition coefficient (Wildman–Crippen LogP) is 7.20. The molecule has 0 amide bonds. The number of imidazole rings is 1. The second-order valence-corrected chi connectivity index (χ2v) is 7.37. The molecule has 1 aliphatic rings. The van der Waals surface area contributed by atoms with Crippen molar-refractivity contribution < 1.29 is 17.6 Å². The highest BCUT2D eigenvalue weighted by atomic mass is 19.4. The van der Waals surface area contributed by atoms with Crippen LogP contribution in [0.15, 0.2) is 41.4 Å². The van der Waals surface area contributed by atoms with Gasteiger partial charge in [-0.2, -0.15) is 13.2 Å². The number of hydrogen-bond donors (Lipinski definition) is 0. The summed E-state index contributed by atoms with van der Waals surface area (Å²) in [5.74, 6) is 0.812. The molecule has 3 nitrogen and oxygen atoms in total. The van der Waals surface area contributed by atoms with Crippen LogP contribution in [0.25, 0.3) is 11.0 Å². The Balaban J connectivity index is 0.000000171. The molecule has 160 valence electrons. The van der Waals surface area contributed by atoms with Crippen molar-refractivity contribution in [3.05, 3.63) is 59.2 Å². The summed E-state index contributed by atoms with van der Waals surface area (Å²) in [6, 6.07) is 9.03. The van der Waals surface area contributed by atoms with E-state index in [9.17, 15) is 17.6 Å². The van der Waals surface area contributed by atoms with Crippen LogP contribution < -0.4 is 0 Å². The van der Waals surface area contributed by atoms with Gasteiger partial charge < -0.3 is 4.57 Å². The van der Waals surface area contributed by atoms with Crippen LogP contribution in [0.4, 0.5) is 23.2 Å². The van der Waals surface area contributed by atoms with E-state index in [1.807, 2.05) is 13.8 Å². The zero-order valence-corrected chi connectivity index (χ0v) is 17.3. The molecule has 30 heavy (non-hydrogen) atoms. The molecular formula is C23H25F4N3. The Hall–Kier alpha value is -2.70. The number of aryl methyl sites for hydroxylation is 2. The zero-order valence-electron chi connectivity index (χ0n) is 17.3. The third-order valence-corrected chi connectivity index (χ3v) is 4.93. The van der Waals surface area contributed by atoms with Gasteiger partial charge >= 0.3 is 6.18 Å².